The molecular formula is C44H26N2O. The van der Waals surface area contributed by atoms with E-state index in [2.05, 4.69) is 127 Å². The van der Waals surface area contributed by atoms with E-state index in [-0.39, 0.29) is 0 Å². The predicted octanol–water partition coefficient (Wildman–Crippen LogP) is 12.0. The van der Waals surface area contributed by atoms with E-state index in [1.165, 1.54) is 32.3 Å². The molecule has 0 saturated carbocycles. The Morgan fingerprint density at radius 2 is 0.957 bits per heavy atom. The SMILES string of the molecule is c1ccc(-c2nc(-c3cc(-c4ccc5oc6ccccc6c5c4)cc4c5ccccc5c5ccccc5c34)c3ccccc3n2)cc1. The van der Waals surface area contributed by atoms with Crippen molar-refractivity contribution < 1.29 is 4.42 Å². The lowest BCUT2D eigenvalue weighted by Crippen LogP contribution is -1.97. The highest BCUT2D eigenvalue weighted by molar-refractivity contribution is 6.29. The van der Waals surface area contributed by atoms with Gasteiger partial charge in [-0.2, -0.15) is 0 Å². The van der Waals surface area contributed by atoms with Crippen molar-refractivity contribution in [2.45, 2.75) is 0 Å². The van der Waals surface area contributed by atoms with Gasteiger partial charge in [-0.3, -0.25) is 0 Å². The van der Waals surface area contributed by atoms with Gasteiger partial charge in [-0.25, -0.2) is 9.97 Å². The third-order valence-electron chi connectivity index (χ3n) is 9.44. The van der Waals surface area contributed by atoms with Crippen LogP contribution in [0.25, 0.3) is 98.9 Å². The first-order valence-corrected chi connectivity index (χ1v) is 15.9. The molecule has 2 aromatic heterocycles. The Morgan fingerprint density at radius 3 is 1.77 bits per heavy atom. The lowest BCUT2D eigenvalue weighted by Gasteiger charge is -2.18. The molecule has 0 amide bonds. The van der Waals surface area contributed by atoms with Gasteiger partial charge >= 0.3 is 0 Å². The van der Waals surface area contributed by atoms with Crippen LogP contribution < -0.4 is 0 Å². The average molecular weight is 599 g/mol. The smallest absolute Gasteiger partial charge is 0.160 e. The van der Waals surface area contributed by atoms with Crippen LogP contribution in [0, 0.1) is 0 Å². The minimum atomic E-state index is 0.717. The molecule has 0 N–H and O–H groups in total. The van der Waals surface area contributed by atoms with Gasteiger partial charge in [0, 0.05) is 27.3 Å². The van der Waals surface area contributed by atoms with E-state index in [9.17, 15) is 0 Å². The fourth-order valence-corrected chi connectivity index (χ4v) is 7.29. The minimum absolute atomic E-state index is 0.717. The van der Waals surface area contributed by atoms with E-state index < -0.39 is 0 Å². The molecule has 0 atom stereocenters. The molecule has 0 aliphatic carbocycles. The van der Waals surface area contributed by atoms with Crippen molar-refractivity contribution in [3.63, 3.8) is 0 Å². The summed E-state index contributed by atoms with van der Waals surface area (Å²) >= 11 is 0. The summed E-state index contributed by atoms with van der Waals surface area (Å²) < 4.78 is 6.20. The second kappa shape index (κ2) is 10.1. The Morgan fingerprint density at radius 1 is 0.362 bits per heavy atom. The molecule has 3 heteroatoms. The maximum Gasteiger partial charge on any atom is 0.160 e. The standard InChI is InChI=1S/C44H26N2O/c1-2-12-27(13-3-1)44-45-39-20-10-8-19-35(39)43(46-44)38-26-29(28-22-23-41-36(24-28)33-17-9-11-21-40(33)47-41)25-37-32-16-5-4-14-30(32)31-15-6-7-18-34(31)42(37)38/h1-26H. The van der Waals surface area contributed by atoms with Crippen LogP contribution in [0.5, 0.6) is 0 Å². The first-order chi connectivity index (χ1) is 23.3. The Balaban J connectivity index is 1.37. The molecule has 218 valence electrons. The summed E-state index contributed by atoms with van der Waals surface area (Å²) in [6.45, 7) is 0. The van der Waals surface area contributed by atoms with Gasteiger partial charge in [-0.1, -0.05) is 121 Å². The van der Waals surface area contributed by atoms with Crippen molar-refractivity contribution in [2.24, 2.45) is 0 Å². The van der Waals surface area contributed by atoms with Gasteiger partial charge in [0.2, 0.25) is 0 Å². The second-order valence-corrected chi connectivity index (χ2v) is 12.1. The quantitative estimate of drug-likeness (QED) is 0.190. The van der Waals surface area contributed by atoms with Crippen LogP contribution in [-0.4, -0.2) is 9.97 Å². The summed E-state index contributed by atoms with van der Waals surface area (Å²) in [6, 6.07) is 55.6. The molecule has 3 nitrogen and oxygen atoms in total. The number of aromatic nitrogens is 2. The van der Waals surface area contributed by atoms with E-state index in [1.54, 1.807) is 0 Å². The van der Waals surface area contributed by atoms with E-state index in [1.807, 2.05) is 30.3 Å². The lowest BCUT2D eigenvalue weighted by atomic mass is 9.87. The molecule has 2 heterocycles. The number of para-hydroxylation sites is 2. The third-order valence-corrected chi connectivity index (χ3v) is 9.44. The number of furan rings is 1. The van der Waals surface area contributed by atoms with Crippen LogP contribution in [0.1, 0.15) is 0 Å². The summed E-state index contributed by atoms with van der Waals surface area (Å²) in [5.74, 6) is 0.717. The highest BCUT2D eigenvalue weighted by Crippen LogP contribution is 2.44. The Bertz CT molecular complexity index is 2850. The van der Waals surface area contributed by atoms with Crippen molar-refractivity contribution >= 4 is 65.2 Å². The Kier molecular flexibility index (Phi) is 5.57. The van der Waals surface area contributed by atoms with Gasteiger partial charge in [0.1, 0.15) is 11.2 Å². The molecule has 0 radical (unpaired) electrons. The molecular weight excluding hydrogens is 572 g/mol. The van der Waals surface area contributed by atoms with Gasteiger partial charge in [0.15, 0.2) is 5.82 Å². The summed E-state index contributed by atoms with van der Waals surface area (Å²) in [5, 5.41) is 10.6. The van der Waals surface area contributed by atoms with E-state index in [0.717, 1.165) is 60.8 Å². The number of benzene rings is 8. The highest BCUT2D eigenvalue weighted by atomic mass is 16.3. The molecule has 47 heavy (non-hydrogen) atoms. The van der Waals surface area contributed by atoms with Crippen molar-refractivity contribution in [1.29, 1.82) is 0 Å². The molecule has 0 spiro atoms. The van der Waals surface area contributed by atoms with Crippen LogP contribution in [0.4, 0.5) is 0 Å². The molecule has 8 aromatic carbocycles. The van der Waals surface area contributed by atoms with Crippen LogP contribution >= 0.6 is 0 Å². The predicted molar refractivity (Wildman–Crippen MR) is 196 cm³/mol. The van der Waals surface area contributed by atoms with Gasteiger partial charge in [-0.15, -0.1) is 0 Å². The van der Waals surface area contributed by atoms with Crippen LogP contribution in [-0.2, 0) is 0 Å². The number of hydrogen-bond acceptors (Lipinski definition) is 3. The van der Waals surface area contributed by atoms with E-state index >= 15 is 0 Å². The molecule has 0 saturated heterocycles. The highest BCUT2D eigenvalue weighted by Gasteiger charge is 2.20. The van der Waals surface area contributed by atoms with Crippen LogP contribution in [0.15, 0.2) is 162 Å². The van der Waals surface area contributed by atoms with E-state index in [4.69, 9.17) is 14.4 Å². The van der Waals surface area contributed by atoms with E-state index in [0.29, 0.717) is 5.82 Å². The molecule has 0 unspecified atom stereocenters. The second-order valence-electron chi connectivity index (χ2n) is 12.1. The molecule has 0 aliphatic rings. The fraction of sp³-hybridized carbons (Fsp3) is 0. The third kappa shape index (κ3) is 4.00. The minimum Gasteiger partial charge on any atom is -0.456 e. The lowest BCUT2D eigenvalue weighted by molar-refractivity contribution is 0.669. The largest absolute Gasteiger partial charge is 0.456 e. The van der Waals surface area contributed by atoms with Crippen molar-refractivity contribution in [3.8, 4) is 33.8 Å². The normalized spacial score (nSPS) is 11.8. The monoisotopic (exact) mass is 598 g/mol. The van der Waals surface area contributed by atoms with Gasteiger partial charge in [0.05, 0.1) is 11.2 Å². The number of fused-ring (bicyclic) bond motifs is 10. The summed E-state index contributed by atoms with van der Waals surface area (Å²) in [6.07, 6.45) is 0. The zero-order chi connectivity index (χ0) is 30.9. The number of hydrogen-bond donors (Lipinski definition) is 0. The van der Waals surface area contributed by atoms with Crippen molar-refractivity contribution in [2.75, 3.05) is 0 Å². The maximum absolute atomic E-state index is 6.20. The summed E-state index contributed by atoms with van der Waals surface area (Å²) in [4.78, 5) is 10.4. The Labute approximate surface area is 270 Å². The molecule has 0 aliphatic heterocycles. The topological polar surface area (TPSA) is 38.9 Å². The first kappa shape index (κ1) is 26.0. The molecule has 10 aromatic rings. The molecule has 10 rings (SSSR count). The molecule has 0 bridgehead atoms. The summed E-state index contributed by atoms with van der Waals surface area (Å²) in [7, 11) is 0. The van der Waals surface area contributed by atoms with Crippen LogP contribution in [0.3, 0.4) is 0 Å². The zero-order valence-corrected chi connectivity index (χ0v) is 25.3. The van der Waals surface area contributed by atoms with Gasteiger partial charge < -0.3 is 4.42 Å². The van der Waals surface area contributed by atoms with Crippen molar-refractivity contribution in [1.82, 2.24) is 9.97 Å². The zero-order valence-electron chi connectivity index (χ0n) is 25.3. The molecule has 0 fully saturated rings. The average Bonchev–Trinajstić information content (AvgIpc) is 3.52. The fourth-order valence-electron chi connectivity index (χ4n) is 7.29. The maximum atomic E-state index is 6.20. The number of nitrogens with zero attached hydrogens (tertiary/aromatic N) is 2. The van der Waals surface area contributed by atoms with Crippen molar-refractivity contribution in [3.05, 3.63) is 158 Å². The first-order valence-electron chi connectivity index (χ1n) is 15.9. The Hall–Kier alpha value is -6.32. The van der Waals surface area contributed by atoms with Gasteiger partial charge in [-0.05, 0) is 79.8 Å². The summed E-state index contributed by atoms with van der Waals surface area (Å²) in [5.41, 5.74) is 7.98. The number of rotatable bonds is 3. The van der Waals surface area contributed by atoms with Gasteiger partial charge in [0.25, 0.3) is 0 Å². The van der Waals surface area contributed by atoms with Crippen LogP contribution in [0.2, 0.25) is 0 Å².